The monoisotopic (exact) mass is 549 g/mol. The Kier molecular flexibility index (Phi) is 10.2. The Balaban J connectivity index is 1.50. The van der Waals surface area contributed by atoms with E-state index in [1.165, 1.54) is 5.39 Å². The molecule has 39 heavy (non-hydrogen) atoms. The molecule has 1 saturated heterocycles. The van der Waals surface area contributed by atoms with Gasteiger partial charge in [0.25, 0.3) is 0 Å². The summed E-state index contributed by atoms with van der Waals surface area (Å²) in [5.41, 5.74) is 11.3. The van der Waals surface area contributed by atoms with E-state index in [1.54, 1.807) is 0 Å². The van der Waals surface area contributed by atoms with Crippen LogP contribution in [0.25, 0.3) is 32.6 Å². The molecule has 0 radical (unpaired) electrons. The van der Waals surface area contributed by atoms with Crippen LogP contribution in [0, 0.1) is 0 Å². The molecule has 2 aromatic carbocycles. The van der Waals surface area contributed by atoms with Gasteiger partial charge in [0.1, 0.15) is 12.6 Å². The van der Waals surface area contributed by atoms with Gasteiger partial charge in [-0.1, -0.05) is 80.9 Å². The third-order valence-electron chi connectivity index (χ3n) is 7.53. The summed E-state index contributed by atoms with van der Waals surface area (Å²) in [7, 11) is -1.21. The lowest BCUT2D eigenvalue weighted by atomic mass is 10.0. The summed E-state index contributed by atoms with van der Waals surface area (Å²) < 4.78 is 20.0. The van der Waals surface area contributed by atoms with Crippen LogP contribution in [0.4, 0.5) is 0 Å². The number of hydrogen-bond acceptors (Lipinski definition) is 5. The number of nitrogens with zero attached hydrogens (tertiary/aromatic N) is 5. The first-order valence-electron chi connectivity index (χ1n) is 14.3. The van der Waals surface area contributed by atoms with Gasteiger partial charge in [0.15, 0.2) is 5.79 Å². The van der Waals surface area contributed by atoms with E-state index < -0.39 is 13.9 Å². The number of unbranched alkanes of at least 4 members (excludes halogenated alkanes) is 2. The summed E-state index contributed by atoms with van der Waals surface area (Å²) in [4.78, 5) is 8.02. The zero-order valence-electron chi connectivity index (χ0n) is 23.9. The number of benzene rings is 2. The normalized spacial score (nSPS) is 15.9. The molecule has 4 rings (SSSR count). The molecule has 0 aliphatic carbocycles. The van der Waals surface area contributed by atoms with E-state index in [4.69, 9.17) is 19.2 Å². The Morgan fingerprint density at radius 2 is 1.87 bits per heavy atom. The summed E-state index contributed by atoms with van der Waals surface area (Å²) in [5, 5.41) is 6.56. The first-order chi connectivity index (χ1) is 18.8. The molecule has 1 aliphatic rings. The molecule has 3 aromatic rings. The van der Waals surface area contributed by atoms with E-state index in [1.807, 2.05) is 12.3 Å². The second-order valence-corrected chi connectivity index (χ2v) is 17.2. The van der Waals surface area contributed by atoms with Gasteiger partial charge in [0.2, 0.25) is 0 Å². The second-order valence-electron chi connectivity index (χ2n) is 11.6. The summed E-state index contributed by atoms with van der Waals surface area (Å²) in [6.07, 6.45) is 7.34. The molecule has 1 fully saturated rings. The van der Waals surface area contributed by atoms with Gasteiger partial charge in [-0.05, 0) is 47.7 Å². The van der Waals surface area contributed by atoms with Crippen molar-refractivity contribution in [3.63, 3.8) is 0 Å². The number of rotatable bonds is 15. The molecule has 9 heteroatoms. The quantitative estimate of drug-likeness (QED) is 0.0624. The standard InChI is InChI=1S/C30H43N5O3Si/c1-5-30(37-17-18-38-30)16-10-6-7-13-27(33-34-31)28-22-32-29(35(28)23-36-19-20-39(2,3)4)26-15-14-24-11-8-9-12-25(24)21-26/h8-9,11-12,14-15,21-22,27H,5-7,10,13,16-20,23H2,1-4H3. The minimum atomic E-state index is -1.21. The maximum absolute atomic E-state index is 9.42. The average Bonchev–Trinajstić information content (AvgIpc) is 3.57. The Hall–Kier alpha value is -2.68. The van der Waals surface area contributed by atoms with E-state index >= 15 is 0 Å². The van der Waals surface area contributed by atoms with E-state index in [0.717, 1.165) is 67.0 Å². The number of hydrogen-bond donors (Lipinski definition) is 0. The van der Waals surface area contributed by atoms with Gasteiger partial charge in [0.05, 0.1) is 19.3 Å². The molecule has 0 spiro atoms. The van der Waals surface area contributed by atoms with Gasteiger partial charge in [-0.15, -0.1) is 0 Å². The van der Waals surface area contributed by atoms with Crippen LogP contribution in [0.1, 0.15) is 57.2 Å². The van der Waals surface area contributed by atoms with Crippen LogP contribution < -0.4 is 0 Å². The van der Waals surface area contributed by atoms with Gasteiger partial charge in [-0.3, -0.25) is 0 Å². The highest BCUT2D eigenvalue weighted by atomic mass is 28.3. The minimum absolute atomic E-state index is 0.309. The van der Waals surface area contributed by atoms with E-state index in [0.29, 0.717) is 26.6 Å². The SMILES string of the molecule is CCC1(CCCCCC(N=[N+]=[N-])c2cnc(-c3ccc4ccccc4c3)n2COCC[Si](C)(C)C)OCCO1. The average molecular weight is 550 g/mol. The summed E-state index contributed by atoms with van der Waals surface area (Å²) in [6.45, 7) is 11.6. The van der Waals surface area contributed by atoms with Crippen LogP contribution in [0.2, 0.25) is 25.7 Å². The van der Waals surface area contributed by atoms with Crippen molar-refractivity contribution in [2.45, 2.75) is 89.7 Å². The lowest BCUT2D eigenvalue weighted by molar-refractivity contribution is -0.164. The Bertz CT molecular complexity index is 1260. The zero-order chi connectivity index (χ0) is 27.7. The Morgan fingerprint density at radius 1 is 1.10 bits per heavy atom. The van der Waals surface area contributed by atoms with Crippen molar-refractivity contribution in [3.05, 3.63) is 64.8 Å². The van der Waals surface area contributed by atoms with Gasteiger partial charge in [-0.25, -0.2) is 4.98 Å². The second kappa shape index (κ2) is 13.6. The smallest absolute Gasteiger partial charge is 0.168 e. The van der Waals surface area contributed by atoms with Crippen LogP contribution in [0.3, 0.4) is 0 Å². The van der Waals surface area contributed by atoms with Crippen LogP contribution >= 0.6 is 0 Å². The van der Waals surface area contributed by atoms with E-state index in [-0.39, 0.29) is 6.04 Å². The number of imidazole rings is 1. The highest BCUT2D eigenvalue weighted by Crippen LogP contribution is 2.32. The predicted octanol–water partition coefficient (Wildman–Crippen LogP) is 8.47. The Labute approximate surface area is 233 Å². The topological polar surface area (TPSA) is 94.3 Å². The van der Waals surface area contributed by atoms with Crippen LogP contribution in [0.15, 0.2) is 53.8 Å². The van der Waals surface area contributed by atoms with Crippen LogP contribution in [0.5, 0.6) is 0 Å². The lowest BCUT2D eigenvalue weighted by Crippen LogP contribution is -2.28. The molecule has 210 valence electrons. The fraction of sp³-hybridized carbons (Fsp3) is 0.567. The summed E-state index contributed by atoms with van der Waals surface area (Å²) in [5.74, 6) is 0.424. The van der Waals surface area contributed by atoms with Crippen LogP contribution in [-0.2, 0) is 20.9 Å². The van der Waals surface area contributed by atoms with Crippen molar-refractivity contribution in [2.75, 3.05) is 19.8 Å². The summed E-state index contributed by atoms with van der Waals surface area (Å²) in [6, 6.07) is 15.5. The number of fused-ring (bicyclic) bond motifs is 1. The minimum Gasteiger partial charge on any atom is -0.361 e. The van der Waals surface area contributed by atoms with E-state index in [9.17, 15) is 5.53 Å². The fourth-order valence-corrected chi connectivity index (χ4v) is 5.90. The van der Waals surface area contributed by atoms with Crippen molar-refractivity contribution < 1.29 is 14.2 Å². The van der Waals surface area contributed by atoms with Crippen molar-refractivity contribution in [3.8, 4) is 11.4 Å². The lowest BCUT2D eigenvalue weighted by Gasteiger charge is -2.25. The van der Waals surface area contributed by atoms with Gasteiger partial charge in [-0.2, -0.15) is 0 Å². The molecule has 2 heterocycles. The Morgan fingerprint density at radius 3 is 2.59 bits per heavy atom. The third-order valence-corrected chi connectivity index (χ3v) is 9.23. The van der Waals surface area contributed by atoms with Crippen molar-refractivity contribution >= 4 is 18.8 Å². The first kappa shape index (κ1) is 29.3. The molecule has 1 atom stereocenters. The highest BCUT2D eigenvalue weighted by Gasteiger charge is 2.33. The van der Waals surface area contributed by atoms with Crippen LogP contribution in [-0.4, -0.2) is 43.2 Å². The molecule has 0 N–H and O–H groups in total. The molecule has 1 aromatic heterocycles. The molecular weight excluding hydrogens is 506 g/mol. The molecule has 8 nitrogen and oxygen atoms in total. The number of aromatic nitrogens is 2. The number of azide groups is 1. The van der Waals surface area contributed by atoms with Crippen molar-refractivity contribution in [1.82, 2.24) is 9.55 Å². The fourth-order valence-electron chi connectivity index (χ4n) is 5.14. The van der Waals surface area contributed by atoms with Crippen molar-refractivity contribution in [2.24, 2.45) is 5.11 Å². The van der Waals surface area contributed by atoms with Gasteiger partial charge in [0, 0.05) is 43.5 Å². The molecule has 0 amide bonds. The molecule has 0 bridgehead atoms. The largest absolute Gasteiger partial charge is 0.361 e. The molecular formula is C30H43N5O3Si. The third kappa shape index (κ3) is 7.93. The maximum Gasteiger partial charge on any atom is 0.168 e. The van der Waals surface area contributed by atoms with Crippen molar-refractivity contribution in [1.29, 1.82) is 0 Å². The molecule has 0 saturated carbocycles. The highest BCUT2D eigenvalue weighted by molar-refractivity contribution is 6.76. The first-order valence-corrected chi connectivity index (χ1v) is 18.0. The van der Waals surface area contributed by atoms with E-state index in [2.05, 4.69) is 77.6 Å². The predicted molar refractivity (Wildman–Crippen MR) is 159 cm³/mol. The molecule has 1 aliphatic heterocycles. The summed E-state index contributed by atoms with van der Waals surface area (Å²) >= 11 is 0. The maximum atomic E-state index is 9.42. The molecule has 1 unspecified atom stereocenters. The number of ether oxygens (including phenoxy) is 3. The zero-order valence-corrected chi connectivity index (χ0v) is 24.9. The van der Waals surface area contributed by atoms with Gasteiger partial charge >= 0.3 is 0 Å². The van der Waals surface area contributed by atoms with Gasteiger partial charge < -0.3 is 18.8 Å².